The lowest BCUT2D eigenvalue weighted by Crippen LogP contribution is -1.70. The van der Waals surface area contributed by atoms with Gasteiger partial charge in [-0.2, -0.15) is 0 Å². The molecule has 15 heavy (non-hydrogen) atoms. The van der Waals surface area contributed by atoms with Crippen molar-refractivity contribution >= 4 is 33.2 Å². The van der Waals surface area contributed by atoms with Crippen LogP contribution >= 0.6 is 22.9 Å². The molecule has 2 aromatic heterocycles. The van der Waals surface area contributed by atoms with Gasteiger partial charge in [0.05, 0.1) is 0 Å². The lowest BCUT2D eigenvalue weighted by molar-refractivity contribution is 1.51. The normalized spacial score (nSPS) is 11.0. The molecule has 0 aliphatic rings. The highest BCUT2D eigenvalue weighted by Gasteiger charge is 2.04. The van der Waals surface area contributed by atoms with Gasteiger partial charge in [0, 0.05) is 21.5 Å². The molecule has 0 unspecified atom stereocenters. The highest BCUT2D eigenvalue weighted by atomic mass is 35.5. The van der Waals surface area contributed by atoms with Crippen molar-refractivity contribution in [1.29, 1.82) is 0 Å². The van der Waals surface area contributed by atoms with Crippen LogP contribution in [0.3, 0.4) is 0 Å². The van der Waals surface area contributed by atoms with Crippen molar-refractivity contribution in [2.75, 3.05) is 0 Å². The summed E-state index contributed by atoms with van der Waals surface area (Å²) in [5, 5.41) is 2.05. The number of hydrogen-bond acceptors (Lipinski definition) is 1. The van der Waals surface area contributed by atoms with Gasteiger partial charge in [-0.15, -0.1) is 11.3 Å². The zero-order chi connectivity index (χ0) is 10.3. The number of fused-ring (bicyclic) bond motifs is 1. The molecule has 0 saturated carbocycles. The van der Waals surface area contributed by atoms with Gasteiger partial charge in [-0.1, -0.05) is 23.7 Å². The fourth-order valence-electron chi connectivity index (χ4n) is 1.61. The Balaban J connectivity index is 2.13. The molecular formula is C12H8ClNS. The van der Waals surface area contributed by atoms with Gasteiger partial charge in [-0.25, -0.2) is 0 Å². The topological polar surface area (TPSA) is 15.8 Å². The highest BCUT2D eigenvalue weighted by molar-refractivity contribution is 7.21. The van der Waals surface area contributed by atoms with Crippen LogP contribution < -0.4 is 0 Å². The maximum atomic E-state index is 5.85. The van der Waals surface area contributed by atoms with Crippen molar-refractivity contribution in [1.82, 2.24) is 4.98 Å². The Morgan fingerprint density at radius 1 is 1.07 bits per heavy atom. The summed E-state index contributed by atoms with van der Waals surface area (Å²) in [6, 6.07) is 12.2. The number of hydrogen-bond donors (Lipinski definition) is 1. The molecular weight excluding hydrogens is 226 g/mol. The number of thiophene rings is 1. The van der Waals surface area contributed by atoms with E-state index in [4.69, 9.17) is 11.6 Å². The van der Waals surface area contributed by atoms with Crippen LogP contribution in [0.5, 0.6) is 0 Å². The van der Waals surface area contributed by atoms with Crippen molar-refractivity contribution < 1.29 is 0 Å². The minimum atomic E-state index is 0.779. The minimum Gasteiger partial charge on any atom is -0.353 e. The van der Waals surface area contributed by atoms with Crippen LogP contribution in [-0.4, -0.2) is 4.98 Å². The van der Waals surface area contributed by atoms with Gasteiger partial charge < -0.3 is 4.98 Å². The van der Waals surface area contributed by atoms with E-state index in [1.165, 1.54) is 20.7 Å². The number of nitrogens with one attached hydrogen (secondary N) is 1. The van der Waals surface area contributed by atoms with Crippen LogP contribution in [0.2, 0.25) is 5.02 Å². The van der Waals surface area contributed by atoms with Crippen LogP contribution in [-0.2, 0) is 0 Å². The van der Waals surface area contributed by atoms with Crippen molar-refractivity contribution in [3.63, 3.8) is 0 Å². The Bertz CT molecular complexity index is 563. The molecule has 0 atom stereocenters. The van der Waals surface area contributed by atoms with Gasteiger partial charge in [0.2, 0.25) is 0 Å². The molecule has 3 aromatic rings. The molecule has 0 aliphatic carbocycles. The lowest BCUT2D eigenvalue weighted by atomic mass is 10.2. The summed E-state index contributed by atoms with van der Waals surface area (Å²) in [4.78, 5) is 5.71. The molecule has 0 amide bonds. The predicted octanol–water partition coefficient (Wildman–Crippen LogP) is 4.55. The van der Waals surface area contributed by atoms with E-state index in [0.717, 1.165) is 5.02 Å². The molecule has 2 heterocycles. The van der Waals surface area contributed by atoms with E-state index in [1.54, 1.807) is 11.3 Å². The van der Waals surface area contributed by atoms with Crippen molar-refractivity contribution in [2.45, 2.75) is 0 Å². The van der Waals surface area contributed by atoms with Crippen LogP contribution in [0.25, 0.3) is 20.7 Å². The van der Waals surface area contributed by atoms with Crippen LogP contribution in [0, 0.1) is 0 Å². The van der Waals surface area contributed by atoms with Gasteiger partial charge in [0.1, 0.15) is 4.83 Å². The summed E-state index contributed by atoms with van der Waals surface area (Å²) in [5.74, 6) is 0. The first-order valence-electron chi connectivity index (χ1n) is 4.66. The van der Waals surface area contributed by atoms with Gasteiger partial charge in [-0.3, -0.25) is 0 Å². The average Bonchev–Trinajstić information content (AvgIpc) is 2.78. The largest absolute Gasteiger partial charge is 0.353 e. The number of H-pyrrole nitrogens is 1. The molecule has 0 saturated heterocycles. The summed E-state index contributed by atoms with van der Waals surface area (Å²) >= 11 is 7.62. The van der Waals surface area contributed by atoms with E-state index in [2.05, 4.69) is 17.1 Å². The second kappa shape index (κ2) is 3.40. The lowest BCUT2D eigenvalue weighted by Gasteiger charge is -1.95. The predicted molar refractivity (Wildman–Crippen MR) is 66.6 cm³/mol. The van der Waals surface area contributed by atoms with E-state index < -0.39 is 0 Å². The first kappa shape index (κ1) is 9.01. The average molecular weight is 234 g/mol. The third kappa shape index (κ3) is 1.56. The summed E-state index contributed by atoms with van der Waals surface area (Å²) in [6.07, 6.45) is 1.97. The summed E-state index contributed by atoms with van der Waals surface area (Å²) in [5.41, 5.74) is 1.22. The van der Waals surface area contributed by atoms with Gasteiger partial charge >= 0.3 is 0 Å². The molecule has 1 aromatic carbocycles. The monoisotopic (exact) mass is 233 g/mol. The SMILES string of the molecule is Clc1ccc(-c2cc3cc[nH]c3s2)cc1. The number of rotatable bonds is 1. The highest BCUT2D eigenvalue weighted by Crippen LogP contribution is 2.32. The fraction of sp³-hybridized carbons (Fsp3) is 0. The van der Waals surface area contributed by atoms with Crippen molar-refractivity contribution in [3.05, 3.63) is 47.6 Å². The first-order valence-corrected chi connectivity index (χ1v) is 5.85. The molecule has 0 bridgehead atoms. The molecule has 1 nitrogen and oxygen atoms in total. The fourth-order valence-corrected chi connectivity index (χ4v) is 2.76. The van der Waals surface area contributed by atoms with E-state index in [9.17, 15) is 0 Å². The number of halogens is 1. The molecule has 1 N–H and O–H groups in total. The van der Waals surface area contributed by atoms with E-state index >= 15 is 0 Å². The molecule has 0 spiro atoms. The standard InChI is InChI=1S/C12H8ClNS/c13-10-3-1-8(2-4-10)11-7-9-5-6-14-12(9)15-11/h1-7,14H. The second-order valence-corrected chi connectivity index (χ2v) is 4.87. The van der Waals surface area contributed by atoms with E-state index in [-0.39, 0.29) is 0 Å². The maximum absolute atomic E-state index is 5.85. The Morgan fingerprint density at radius 3 is 2.60 bits per heavy atom. The van der Waals surface area contributed by atoms with Crippen LogP contribution in [0.1, 0.15) is 0 Å². The molecule has 0 fully saturated rings. The molecule has 3 heteroatoms. The maximum Gasteiger partial charge on any atom is 0.100 e. The molecule has 0 aliphatic heterocycles. The zero-order valence-corrected chi connectivity index (χ0v) is 9.40. The van der Waals surface area contributed by atoms with Crippen LogP contribution in [0.15, 0.2) is 42.6 Å². The van der Waals surface area contributed by atoms with Gasteiger partial charge in [0.25, 0.3) is 0 Å². The summed E-state index contributed by atoms with van der Waals surface area (Å²) in [7, 11) is 0. The van der Waals surface area contributed by atoms with Gasteiger partial charge in [-0.05, 0) is 29.8 Å². The Labute approximate surface area is 96.3 Å². The molecule has 74 valence electrons. The third-order valence-corrected chi connectivity index (χ3v) is 3.75. The molecule has 0 radical (unpaired) electrons. The third-order valence-electron chi connectivity index (χ3n) is 2.37. The summed E-state index contributed by atoms with van der Waals surface area (Å²) < 4.78 is 0. The number of benzene rings is 1. The van der Waals surface area contributed by atoms with Gasteiger partial charge in [0.15, 0.2) is 0 Å². The minimum absolute atomic E-state index is 0.779. The Morgan fingerprint density at radius 2 is 1.87 bits per heavy atom. The van der Waals surface area contributed by atoms with E-state index in [0.29, 0.717) is 0 Å². The Hall–Kier alpha value is -1.25. The first-order chi connectivity index (χ1) is 7.33. The summed E-state index contributed by atoms with van der Waals surface area (Å²) in [6.45, 7) is 0. The second-order valence-electron chi connectivity index (χ2n) is 3.38. The molecule has 3 rings (SSSR count). The Kier molecular flexibility index (Phi) is 2.04. The number of aromatic amines is 1. The number of aromatic nitrogens is 1. The van der Waals surface area contributed by atoms with E-state index in [1.807, 2.05) is 30.5 Å². The quantitative estimate of drug-likeness (QED) is 0.635. The van der Waals surface area contributed by atoms with Crippen LogP contribution in [0.4, 0.5) is 0 Å². The smallest absolute Gasteiger partial charge is 0.100 e. The van der Waals surface area contributed by atoms with Crippen molar-refractivity contribution in [2.24, 2.45) is 0 Å². The zero-order valence-electron chi connectivity index (χ0n) is 7.83. The van der Waals surface area contributed by atoms with Crippen molar-refractivity contribution in [3.8, 4) is 10.4 Å².